The van der Waals surface area contributed by atoms with Gasteiger partial charge in [0.15, 0.2) is 0 Å². The maximum Gasteiger partial charge on any atom is 0.234 e. The lowest BCUT2D eigenvalue weighted by Crippen LogP contribution is -2.48. The van der Waals surface area contributed by atoms with Crippen molar-refractivity contribution in [1.82, 2.24) is 10.9 Å². The van der Waals surface area contributed by atoms with Crippen LogP contribution in [-0.2, 0) is 4.79 Å². The minimum atomic E-state index is 0.0357. The van der Waals surface area contributed by atoms with Crippen LogP contribution >= 0.6 is 0 Å². The summed E-state index contributed by atoms with van der Waals surface area (Å²) in [6, 6.07) is 6.03. The average molecular weight is 234 g/mol. The Balaban J connectivity index is 2.22. The quantitative estimate of drug-likeness (QED) is 0.576. The number of hydrazine groups is 1. The van der Waals surface area contributed by atoms with Gasteiger partial charge < -0.3 is 11.1 Å². The SMILES string of the molecule is CNc1ccc(C2NNC(=O)CC2C)cc1N. The van der Waals surface area contributed by atoms with E-state index in [2.05, 4.69) is 23.1 Å². The number of hydrogen-bond donors (Lipinski definition) is 4. The lowest BCUT2D eigenvalue weighted by Gasteiger charge is -2.30. The Kier molecular flexibility index (Phi) is 3.19. The molecule has 1 amide bonds. The Morgan fingerprint density at radius 2 is 2.24 bits per heavy atom. The molecule has 2 unspecified atom stereocenters. The van der Waals surface area contributed by atoms with E-state index in [0.717, 1.165) is 16.9 Å². The predicted octanol–water partition coefficient (Wildman–Crippen LogP) is 1.01. The van der Waals surface area contributed by atoms with Crippen LogP contribution in [0.4, 0.5) is 11.4 Å². The number of nitrogens with one attached hydrogen (secondary N) is 3. The second kappa shape index (κ2) is 4.63. The number of hydrogen-bond acceptors (Lipinski definition) is 4. The van der Waals surface area contributed by atoms with Gasteiger partial charge >= 0.3 is 0 Å². The first kappa shape index (κ1) is 11.7. The van der Waals surface area contributed by atoms with E-state index in [9.17, 15) is 4.79 Å². The van der Waals surface area contributed by atoms with Crippen LogP contribution in [0.15, 0.2) is 18.2 Å². The molecule has 2 atom stereocenters. The van der Waals surface area contributed by atoms with E-state index in [1.807, 2.05) is 25.2 Å². The van der Waals surface area contributed by atoms with Crippen LogP contribution in [0.1, 0.15) is 24.9 Å². The molecule has 1 saturated heterocycles. The van der Waals surface area contributed by atoms with E-state index in [4.69, 9.17) is 5.73 Å². The van der Waals surface area contributed by atoms with Crippen molar-refractivity contribution in [3.05, 3.63) is 23.8 Å². The van der Waals surface area contributed by atoms with E-state index in [0.29, 0.717) is 6.42 Å². The Morgan fingerprint density at radius 3 is 2.82 bits per heavy atom. The van der Waals surface area contributed by atoms with Gasteiger partial charge in [0.05, 0.1) is 17.4 Å². The van der Waals surface area contributed by atoms with Gasteiger partial charge in [-0.05, 0) is 23.6 Å². The molecule has 5 N–H and O–H groups in total. The molecule has 5 nitrogen and oxygen atoms in total. The lowest BCUT2D eigenvalue weighted by atomic mass is 9.90. The molecule has 1 heterocycles. The largest absolute Gasteiger partial charge is 0.397 e. The zero-order valence-electron chi connectivity index (χ0n) is 10.1. The molecule has 5 heteroatoms. The minimum absolute atomic E-state index is 0.0357. The second-order valence-corrected chi connectivity index (χ2v) is 4.45. The molecule has 2 rings (SSSR count). The molecule has 0 aliphatic carbocycles. The number of carbonyl (C=O) groups excluding carboxylic acids is 1. The average Bonchev–Trinajstić information content (AvgIpc) is 2.29. The lowest BCUT2D eigenvalue weighted by molar-refractivity contribution is -0.125. The number of nitrogen functional groups attached to an aromatic ring is 1. The highest BCUT2D eigenvalue weighted by Gasteiger charge is 2.26. The van der Waals surface area contributed by atoms with Gasteiger partial charge in [-0.1, -0.05) is 13.0 Å². The zero-order valence-corrected chi connectivity index (χ0v) is 10.1. The number of carbonyl (C=O) groups is 1. The first-order chi connectivity index (χ1) is 8.11. The van der Waals surface area contributed by atoms with Gasteiger partial charge in [-0.15, -0.1) is 0 Å². The maximum absolute atomic E-state index is 11.2. The Hall–Kier alpha value is -1.75. The maximum atomic E-state index is 11.2. The highest BCUT2D eigenvalue weighted by Crippen LogP contribution is 2.29. The van der Waals surface area contributed by atoms with Crippen molar-refractivity contribution >= 4 is 17.3 Å². The number of anilines is 2. The summed E-state index contributed by atoms with van der Waals surface area (Å²) in [6.07, 6.45) is 0.533. The fraction of sp³-hybridized carbons (Fsp3) is 0.417. The van der Waals surface area contributed by atoms with E-state index in [1.165, 1.54) is 0 Å². The predicted molar refractivity (Wildman–Crippen MR) is 68.2 cm³/mol. The first-order valence-electron chi connectivity index (χ1n) is 5.73. The van der Waals surface area contributed by atoms with E-state index < -0.39 is 0 Å². The topological polar surface area (TPSA) is 79.2 Å². The third-order valence-electron chi connectivity index (χ3n) is 3.15. The zero-order chi connectivity index (χ0) is 12.4. The molecule has 0 spiro atoms. The smallest absolute Gasteiger partial charge is 0.234 e. The summed E-state index contributed by atoms with van der Waals surface area (Å²) in [7, 11) is 1.84. The van der Waals surface area contributed by atoms with Crippen LogP contribution in [0.25, 0.3) is 0 Å². The molecule has 0 saturated carbocycles. The van der Waals surface area contributed by atoms with Crippen LogP contribution in [-0.4, -0.2) is 13.0 Å². The Bertz CT molecular complexity index is 433. The Labute approximate surface area is 101 Å². The molecule has 1 fully saturated rings. The fourth-order valence-corrected chi connectivity index (χ4v) is 2.18. The van der Waals surface area contributed by atoms with Gasteiger partial charge in [-0.2, -0.15) is 0 Å². The molecule has 0 bridgehead atoms. The van der Waals surface area contributed by atoms with Gasteiger partial charge in [0.1, 0.15) is 0 Å². The van der Waals surface area contributed by atoms with Crippen molar-refractivity contribution in [2.24, 2.45) is 5.92 Å². The van der Waals surface area contributed by atoms with Gasteiger partial charge in [0, 0.05) is 13.5 Å². The van der Waals surface area contributed by atoms with Crippen LogP contribution in [0.3, 0.4) is 0 Å². The van der Waals surface area contributed by atoms with Crippen molar-refractivity contribution < 1.29 is 4.79 Å². The van der Waals surface area contributed by atoms with Crippen LogP contribution in [0.2, 0.25) is 0 Å². The standard InChI is InChI=1S/C12H18N4O/c1-7-5-11(17)15-16-12(7)8-3-4-10(14-2)9(13)6-8/h3-4,6-7,12,14,16H,5,13H2,1-2H3,(H,15,17). The van der Waals surface area contributed by atoms with Gasteiger partial charge in [0.25, 0.3) is 0 Å². The van der Waals surface area contributed by atoms with Gasteiger partial charge in [-0.25, -0.2) is 5.43 Å². The van der Waals surface area contributed by atoms with Crippen LogP contribution in [0, 0.1) is 5.92 Å². The third kappa shape index (κ3) is 2.34. The van der Waals surface area contributed by atoms with Crippen LogP contribution in [0.5, 0.6) is 0 Å². The monoisotopic (exact) mass is 234 g/mol. The summed E-state index contributed by atoms with van der Waals surface area (Å²) < 4.78 is 0. The molecule has 17 heavy (non-hydrogen) atoms. The first-order valence-corrected chi connectivity index (χ1v) is 5.73. The van der Waals surface area contributed by atoms with Crippen molar-refractivity contribution in [3.8, 4) is 0 Å². The van der Waals surface area contributed by atoms with E-state index >= 15 is 0 Å². The normalized spacial score (nSPS) is 24.2. The summed E-state index contributed by atoms with van der Waals surface area (Å²) in [6.45, 7) is 2.05. The molecular formula is C12H18N4O. The van der Waals surface area contributed by atoms with Crippen molar-refractivity contribution in [1.29, 1.82) is 0 Å². The van der Waals surface area contributed by atoms with Crippen LogP contribution < -0.4 is 21.9 Å². The fourth-order valence-electron chi connectivity index (χ4n) is 2.18. The molecule has 1 aliphatic rings. The molecule has 1 aromatic carbocycles. The highest BCUT2D eigenvalue weighted by molar-refractivity contribution is 5.76. The number of nitrogens with two attached hydrogens (primary N) is 1. The highest BCUT2D eigenvalue weighted by atomic mass is 16.2. The van der Waals surface area contributed by atoms with E-state index in [1.54, 1.807) is 0 Å². The third-order valence-corrected chi connectivity index (χ3v) is 3.15. The van der Waals surface area contributed by atoms with Crippen molar-refractivity contribution in [2.75, 3.05) is 18.1 Å². The molecule has 92 valence electrons. The number of rotatable bonds is 2. The van der Waals surface area contributed by atoms with Crippen molar-refractivity contribution in [3.63, 3.8) is 0 Å². The van der Waals surface area contributed by atoms with E-state index in [-0.39, 0.29) is 17.9 Å². The summed E-state index contributed by atoms with van der Waals surface area (Å²) in [5.74, 6) is 0.289. The summed E-state index contributed by atoms with van der Waals surface area (Å²) in [4.78, 5) is 11.2. The molecule has 1 aliphatic heterocycles. The molecule has 0 radical (unpaired) electrons. The van der Waals surface area contributed by atoms with Crippen molar-refractivity contribution in [2.45, 2.75) is 19.4 Å². The molecule has 1 aromatic rings. The molecule has 0 aromatic heterocycles. The summed E-state index contributed by atoms with van der Waals surface area (Å²) >= 11 is 0. The number of amides is 1. The number of benzene rings is 1. The molecular weight excluding hydrogens is 216 g/mol. The Morgan fingerprint density at radius 1 is 1.47 bits per heavy atom. The second-order valence-electron chi connectivity index (χ2n) is 4.45. The van der Waals surface area contributed by atoms with Gasteiger partial charge in [-0.3, -0.25) is 10.2 Å². The minimum Gasteiger partial charge on any atom is -0.397 e. The summed E-state index contributed by atoms with van der Waals surface area (Å²) in [5, 5.41) is 3.03. The van der Waals surface area contributed by atoms with Gasteiger partial charge in [0.2, 0.25) is 5.91 Å². The summed E-state index contributed by atoms with van der Waals surface area (Å²) in [5.41, 5.74) is 14.3.